The van der Waals surface area contributed by atoms with Gasteiger partial charge in [-0.2, -0.15) is 24.4 Å². The minimum absolute atomic E-state index is 0.248. The molecule has 17 heavy (non-hydrogen) atoms. The van der Waals surface area contributed by atoms with Crippen LogP contribution in [0.25, 0.3) is 0 Å². The summed E-state index contributed by atoms with van der Waals surface area (Å²) in [6, 6.07) is 0. The molecule has 0 aromatic heterocycles. The summed E-state index contributed by atoms with van der Waals surface area (Å²) in [4.78, 5) is 2.16. The van der Waals surface area contributed by atoms with E-state index in [0.717, 1.165) is 49.6 Å². The van der Waals surface area contributed by atoms with Crippen LogP contribution >= 0.6 is 24.4 Å². The van der Waals surface area contributed by atoms with Gasteiger partial charge >= 0.3 is 0 Å². The highest BCUT2D eigenvalue weighted by molar-refractivity contribution is 8.01. The molecule has 1 atom stereocenters. The van der Waals surface area contributed by atoms with Crippen molar-refractivity contribution in [2.45, 2.75) is 31.6 Å². The van der Waals surface area contributed by atoms with Gasteiger partial charge in [-0.15, -0.1) is 0 Å². The molecule has 6 heteroatoms. The summed E-state index contributed by atoms with van der Waals surface area (Å²) >= 11 is 5.95. The van der Waals surface area contributed by atoms with Crippen LogP contribution in [0, 0.1) is 0 Å². The van der Waals surface area contributed by atoms with Crippen LogP contribution in [0.4, 0.5) is 0 Å². The number of unbranched alkanes of at least 4 members (excludes halogenated alkanes) is 2. The third kappa shape index (κ3) is 5.01. The van der Waals surface area contributed by atoms with Crippen molar-refractivity contribution in [2.24, 2.45) is 0 Å². The van der Waals surface area contributed by atoms with Crippen molar-refractivity contribution in [3.05, 3.63) is 0 Å². The molecule has 0 aromatic rings. The van der Waals surface area contributed by atoms with E-state index < -0.39 is 9.84 Å². The Balaban J connectivity index is 2.49. The summed E-state index contributed by atoms with van der Waals surface area (Å²) in [7, 11) is -2.92. The van der Waals surface area contributed by atoms with Gasteiger partial charge in [-0.05, 0) is 25.1 Å². The Labute approximate surface area is 115 Å². The van der Waals surface area contributed by atoms with Crippen LogP contribution in [-0.4, -0.2) is 54.8 Å². The first-order valence-electron chi connectivity index (χ1n) is 6.26. The monoisotopic (exact) mass is 297 g/mol. The van der Waals surface area contributed by atoms with Gasteiger partial charge in [0.1, 0.15) is 5.37 Å². The normalized spacial score (nSPS) is 22.8. The fourth-order valence-corrected chi connectivity index (χ4v) is 5.33. The molecule has 1 rings (SSSR count). The highest BCUT2D eigenvalue weighted by atomic mass is 32.2. The van der Waals surface area contributed by atoms with E-state index in [1.54, 1.807) is 18.7 Å². The van der Waals surface area contributed by atoms with Crippen molar-refractivity contribution in [1.82, 2.24) is 4.90 Å². The number of sulfone groups is 1. The Bertz CT molecular complexity index is 306. The number of rotatable bonds is 7. The first-order chi connectivity index (χ1) is 8.11. The lowest BCUT2D eigenvalue weighted by atomic mass is 10.2. The molecule has 1 unspecified atom stereocenters. The maximum absolute atomic E-state index is 12.0. The third-order valence-electron chi connectivity index (χ3n) is 3.11. The zero-order valence-corrected chi connectivity index (χ0v) is 13.0. The van der Waals surface area contributed by atoms with Crippen molar-refractivity contribution in [3.63, 3.8) is 0 Å². The van der Waals surface area contributed by atoms with Crippen molar-refractivity contribution < 1.29 is 8.42 Å². The zero-order valence-electron chi connectivity index (χ0n) is 10.5. The van der Waals surface area contributed by atoms with Gasteiger partial charge in [0.2, 0.25) is 0 Å². The molecule has 1 heterocycles. The Morgan fingerprint density at radius 3 is 2.76 bits per heavy atom. The maximum atomic E-state index is 12.0. The predicted molar refractivity (Wildman–Crippen MR) is 79.9 cm³/mol. The van der Waals surface area contributed by atoms with E-state index in [-0.39, 0.29) is 11.1 Å². The van der Waals surface area contributed by atoms with Crippen LogP contribution in [0.5, 0.6) is 0 Å². The summed E-state index contributed by atoms with van der Waals surface area (Å²) in [5.41, 5.74) is 0. The molecule has 0 radical (unpaired) electrons. The SMILES string of the molecule is CCS(=O)(=O)C1CSCCN1CCCCCS. The van der Waals surface area contributed by atoms with Crippen LogP contribution in [0.2, 0.25) is 0 Å². The lowest BCUT2D eigenvalue weighted by molar-refractivity contribution is 0.264. The van der Waals surface area contributed by atoms with Crippen LogP contribution in [0.15, 0.2) is 0 Å². The Kier molecular flexibility index (Phi) is 7.30. The van der Waals surface area contributed by atoms with Crippen molar-refractivity contribution in [1.29, 1.82) is 0 Å². The average Bonchev–Trinajstić information content (AvgIpc) is 2.35. The first-order valence-corrected chi connectivity index (χ1v) is 9.76. The molecule has 102 valence electrons. The lowest BCUT2D eigenvalue weighted by Crippen LogP contribution is -2.48. The van der Waals surface area contributed by atoms with Crippen LogP contribution in [0.1, 0.15) is 26.2 Å². The summed E-state index contributed by atoms with van der Waals surface area (Å²) in [5, 5.41) is -0.248. The fourth-order valence-electron chi connectivity index (χ4n) is 2.00. The number of nitrogens with zero attached hydrogens (tertiary/aromatic N) is 1. The van der Waals surface area contributed by atoms with Gasteiger partial charge < -0.3 is 0 Å². The van der Waals surface area contributed by atoms with E-state index in [4.69, 9.17) is 0 Å². The van der Waals surface area contributed by atoms with E-state index in [2.05, 4.69) is 17.5 Å². The largest absolute Gasteiger partial charge is 0.286 e. The second kappa shape index (κ2) is 7.92. The molecule has 0 aliphatic carbocycles. The molecular weight excluding hydrogens is 274 g/mol. The second-order valence-corrected chi connectivity index (χ2v) is 8.35. The molecule has 1 saturated heterocycles. The predicted octanol–water partition coefficient (Wildman–Crippen LogP) is 1.90. The van der Waals surface area contributed by atoms with Gasteiger partial charge in [0, 0.05) is 23.8 Å². The number of thiol groups is 1. The van der Waals surface area contributed by atoms with Crippen LogP contribution in [-0.2, 0) is 9.84 Å². The van der Waals surface area contributed by atoms with Gasteiger partial charge in [0.25, 0.3) is 0 Å². The summed E-state index contributed by atoms with van der Waals surface area (Å²) in [6.45, 7) is 3.57. The molecule has 0 spiro atoms. The number of hydrogen-bond donors (Lipinski definition) is 1. The lowest BCUT2D eigenvalue weighted by Gasteiger charge is -2.34. The molecule has 0 amide bonds. The molecule has 3 nitrogen and oxygen atoms in total. The van der Waals surface area contributed by atoms with E-state index in [0.29, 0.717) is 0 Å². The molecule has 0 saturated carbocycles. The van der Waals surface area contributed by atoms with Gasteiger partial charge in [-0.3, -0.25) is 4.90 Å². The summed E-state index contributed by atoms with van der Waals surface area (Å²) < 4.78 is 24.0. The first kappa shape index (κ1) is 15.7. The number of hydrogen-bond acceptors (Lipinski definition) is 5. The van der Waals surface area contributed by atoms with Crippen molar-refractivity contribution in [2.75, 3.05) is 36.1 Å². The molecule has 1 aliphatic rings. The maximum Gasteiger partial charge on any atom is 0.166 e. The minimum Gasteiger partial charge on any atom is -0.286 e. The average molecular weight is 298 g/mol. The smallest absolute Gasteiger partial charge is 0.166 e. The third-order valence-corrected chi connectivity index (χ3v) is 6.76. The molecule has 1 aliphatic heterocycles. The quantitative estimate of drug-likeness (QED) is 0.575. The van der Waals surface area contributed by atoms with Gasteiger partial charge in [-0.1, -0.05) is 13.3 Å². The van der Waals surface area contributed by atoms with Crippen molar-refractivity contribution >= 4 is 34.2 Å². The molecule has 0 bridgehead atoms. The van der Waals surface area contributed by atoms with E-state index in [9.17, 15) is 8.42 Å². The van der Waals surface area contributed by atoms with Gasteiger partial charge in [-0.25, -0.2) is 8.42 Å². The van der Waals surface area contributed by atoms with E-state index in [1.165, 1.54) is 0 Å². The van der Waals surface area contributed by atoms with Gasteiger partial charge in [0.15, 0.2) is 9.84 Å². The molecule has 1 fully saturated rings. The van der Waals surface area contributed by atoms with Crippen molar-refractivity contribution in [3.8, 4) is 0 Å². The standard InChI is InChI=1S/C11H23NO2S3/c1-2-17(13,14)11-10-16-9-7-12(11)6-4-3-5-8-15/h11,15H,2-10H2,1H3. The zero-order chi connectivity index (χ0) is 12.7. The number of thioether (sulfide) groups is 1. The van der Waals surface area contributed by atoms with Gasteiger partial charge in [0.05, 0.1) is 0 Å². The summed E-state index contributed by atoms with van der Waals surface area (Å²) in [6.07, 6.45) is 3.35. The highest BCUT2D eigenvalue weighted by Crippen LogP contribution is 2.21. The summed E-state index contributed by atoms with van der Waals surface area (Å²) in [5.74, 6) is 2.98. The second-order valence-electron chi connectivity index (χ2n) is 4.30. The molecule has 0 N–H and O–H groups in total. The highest BCUT2D eigenvalue weighted by Gasteiger charge is 2.32. The topological polar surface area (TPSA) is 37.4 Å². The Morgan fingerprint density at radius 2 is 2.12 bits per heavy atom. The fraction of sp³-hybridized carbons (Fsp3) is 1.00. The molecule has 0 aromatic carbocycles. The van der Waals surface area contributed by atoms with E-state index >= 15 is 0 Å². The Hall–Kier alpha value is 0.610. The van der Waals surface area contributed by atoms with Crippen LogP contribution in [0.3, 0.4) is 0 Å². The molecular formula is C11H23NO2S3. The minimum atomic E-state index is -2.92. The Morgan fingerprint density at radius 1 is 1.35 bits per heavy atom. The van der Waals surface area contributed by atoms with Crippen LogP contribution < -0.4 is 0 Å². The van der Waals surface area contributed by atoms with E-state index in [1.807, 2.05) is 0 Å².